The summed E-state index contributed by atoms with van der Waals surface area (Å²) in [7, 11) is 0. The third-order valence-corrected chi connectivity index (χ3v) is 7.63. The van der Waals surface area contributed by atoms with E-state index in [1.807, 2.05) is 22.6 Å². The molecule has 6 nitrogen and oxygen atoms in total. The Kier molecular flexibility index (Phi) is 7.37. The Morgan fingerprint density at radius 3 is 2.65 bits per heavy atom. The molecular formula is C24H19BrClIN2O4S. The van der Waals surface area contributed by atoms with Crippen LogP contribution in [0.1, 0.15) is 37.9 Å². The number of allylic oxidation sites excluding steroid dienone is 1. The predicted octanol–water partition coefficient (Wildman–Crippen LogP) is 4.91. The molecule has 2 aromatic carbocycles. The molecule has 0 saturated heterocycles. The van der Waals surface area contributed by atoms with E-state index in [9.17, 15) is 14.7 Å². The second-order valence-electron chi connectivity index (χ2n) is 7.91. The third kappa shape index (κ3) is 4.89. The summed E-state index contributed by atoms with van der Waals surface area (Å²) in [4.78, 5) is 31.7. The lowest BCUT2D eigenvalue weighted by Gasteiger charge is -2.25. The van der Waals surface area contributed by atoms with Gasteiger partial charge in [-0.1, -0.05) is 51.0 Å². The van der Waals surface area contributed by atoms with Crippen LogP contribution >= 0.6 is 61.5 Å². The lowest BCUT2D eigenvalue weighted by molar-refractivity contribution is -0.143. The van der Waals surface area contributed by atoms with Crippen LogP contribution in [0.3, 0.4) is 0 Å². The summed E-state index contributed by atoms with van der Waals surface area (Å²) >= 11 is 12.8. The largest absolute Gasteiger partial charge is 0.506 e. The molecule has 1 N–H and O–H groups in total. The highest BCUT2D eigenvalue weighted by molar-refractivity contribution is 14.1. The standard InChI is InChI=1S/C24H19BrClIN2O4S/c1-11(2)33-23(32)19-12(3)28-24-29(20(19)13-4-6-16(26)7-5-13)22(31)18(34-24)9-14-8-15(25)10-17(27)21(14)30/h4-11,20,30H,1-3H3/b18-9+/t20-/m1/s1. The maximum atomic E-state index is 13.6. The molecule has 4 rings (SSSR count). The number of aromatic nitrogens is 1. The number of benzene rings is 2. The van der Waals surface area contributed by atoms with Gasteiger partial charge in [-0.2, -0.15) is 0 Å². The van der Waals surface area contributed by atoms with E-state index in [2.05, 4.69) is 20.9 Å². The Labute approximate surface area is 226 Å². The average Bonchev–Trinajstić information content (AvgIpc) is 3.05. The molecule has 0 saturated carbocycles. The summed E-state index contributed by atoms with van der Waals surface area (Å²) in [6, 6.07) is 9.80. The molecule has 0 aliphatic carbocycles. The minimum absolute atomic E-state index is 0.0845. The van der Waals surface area contributed by atoms with Gasteiger partial charge in [0.25, 0.3) is 5.56 Å². The summed E-state index contributed by atoms with van der Waals surface area (Å²) in [5.74, 6) is -0.439. The number of nitrogens with zero attached hydrogens (tertiary/aromatic N) is 2. The van der Waals surface area contributed by atoms with Crippen LogP contribution in [-0.4, -0.2) is 21.7 Å². The summed E-state index contributed by atoms with van der Waals surface area (Å²) in [5.41, 5.74) is 1.68. The fraction of sp³-hybridized carbons (Fsp3) is 0.208. The van der Waals surface area contributed by atoms with E-state index in [4.69, 9.17) is 16.3 Å². The van der Waals surface area contributed by atoms with Crippen molar-refractivity contribution in [2.24, 2.45) is 4.99 Å². The fourth-order valence-electron chi connectivity index (χ4n) is 3.66. The van der Waals surface area contributed by atoms with E-state index < -0.39 is 12.0 Å². The van der Waals surface area contributed by atoms with Gasteiger partial charge in [-0.3, -0.25) is 9.36 Å². The number of carbonyl (C=O) groups excluding carboxylic acids is 1. The van der Waals surface area contributed by atoms with Gasteiger partial charge in [0.1, 0.15) is 5.75 Å². The summed E-state index contributed by atoms with van der Waals surface area (Å²) < 4.78 is 8.81. The van der Waals surface area contributed by atoms with Crippen molar-refractivity contribution in [1.29, 1.82) is 0 Å². The number of hydrogen-bond donors (Lipinski definition) is 1. The number of rotatable bonds is 4. The quantitative estimate of drug-likeness (QED) is 0.316. The van der Waals surface area contributed by atoms with Gasteiger partial charge in [0.2, 0.25) is 0 Å². The minimum Gasteiger partial charge on any atom is -0.506 e. The van der Waals surface area contributed by atoms with Gasteiger partial charge in [0, 0.05) is 15.1 Å². The van der Waals surface area contributed by atoms with Crippen molar-refractivity contribution >= 4 is 73.5 Å². The SMILES string of the molecule is CC1=C(C(=O)OC(C)C)[C@@H](c2ccc(Cl)cc2)n2c(s/c(=C/c3cc(Br)cc(I)c3O)c2=O)=N1. The number of phenols is 1. The van der Waals surface area contributed by atoms with Crippen LogP contribution in [0.25, 0.3) is 6.08 Å². The van der Waals surface area contributed by atoms with E-state index in [1.165, 1.54) is 15.9 Å². The number of halogens is 3. The van der Waals surface area contributed by atoms with Crippen molar-refractivity contribution in [3.05, 3.63) is 91.5 Å². The molecule has 1 aliphatic heterocycles. The Morgan fingerprint density at radius 1 is 1.32 bits per heavy atom. The van der Waals surface area contributed by atoms with Crippen molar-refractivity contribution in [1.82, 2.24) is 4.57 Å². The van der Waals surface area contributed by atoms with Crippen LogP contribution in [0.4, 0.5) is 0 Å². The number of ether oxygens (including phenoxy) is 1. The van der Waals surface area contributed by atoms with E-state index in [0.717, 1.165) is 4.47 Å². The van der Waals surface area contributed by atoms with Crippen LogP contribution in [0, 0.1) is 3.57 Å². The van der Waals surface area contributed by atoms with Gasteiger partial charge in [-0.25, -0.2) is 9.79 Å². The molecule has 1 aliphatic rings. The van der Waals surface area contributed by atoms with Crippen molar-refractivity contribution in [2.45, 2.75) is 32.9 Å². The zero-order valence-corrected chi connectivity index (χ0v) is 23.6. The molecule has 1 atom stereocenters. The summed E-state index contributed by atoms with van der Waals surface area (Å²) in [5, 5.41) is 11.0. The Hall–Kier alpha value is -1.95. The number of phenolic OH excluding ortho intramolecular Hbond substituents is 1. The van der Waals surface area contributed by atoms with Crippen LogP contribution in [0.2, 0.25) is 5.02 Å². The first-order valence-electron chi connectivity index (χ1n) is 10.2. The van der Waals surface area contributed by atoms with E-state index in [-0.39, 0.29) is 17.4 Å². The summed E-state index contributed by atoms with van der Waals surface area (Å²) in [6.07, 6.45) is 1.31. The first-order valence-corrected chi connectivity index (χ1v) is 13.3. The normalized spacial score (nSPS) is 16.0. The van der Waals surface area contributed by atoms with E-state index in [0.29, 0.717) is 40.3 Å². The number of esters is 1. The molecule has 10 heteroatoms. The van der Waals surface area contributed by atoms with Crippen molar-refractivity contribution in [3.63, 3.8) is 0 Å². The predicted molar refractivity (Wildman–Crippen MR) is 145 cm³/mol. The first kappa shape index (κ1) is 25.2. The second kappa shape index (κ2) is 9.96. The molecule has 0 bridgehead atoms. The van der Waals surface area contributed by atoms with Crippen molar-refractivity contribution < 1.29 is 14.6 Å². The number of carbonyl (C=O) groups is 1. The molecule has 0 amide bonds. The molecular weight excluding hydrogens is 655 g/mol. The first-order chi connectivity index (χ1) is 16.1. The molecule has 176 valence electrons. The second-order valence-corrected chi connectivity index (χ2v) is 11.4. The zero-order valence-electron chi connectivity index (χ0n) is 18.3. The molecule has 1 aromatic heterocycles. The molecule has 0 radical (unpaired) electrons. The van der Waals surface area contributed by atoms with Gasteiger partial charge in [-0.05, 0) is 79.3 Å². The molecule has 2 heterocycles. The number of aromatic hydroxyl groups is 1. The molecule has 34 heavy (non-hydrogen) atoms. The molecule has 0 spiro atoms. The maximum Gasteiger partial charge on any atom is 0.338 e. The van der Waals surface area contributed by atoms with Crippen LogP contribution in [-0.2, 0) is 9.53 Å². The molecule has 3 aromatic rings. The highest BCUT2D eigenvalue weighted by atomic mass is 127. The lowest BCUT2D eigenvalue weighted by Crippen LogP contribution is -2.40. The van der Waals surface area contributed by atoms with Crippen molar-refractivity contribution in [3.8, 4) is 5.75 Å². The monoisotopic (exact) mass is 672 g/mol. The highest BCUT2D eigenvalue weighted by Crippen LogP contribution is 2.32. The molecule has 0 fully saturated rings. The Balaban J connectivity index is 1.97. The van der Waals surface area contributed by atoms with E-state index in [1.54, 1.807) is 63.2 Å². The van der Waals surface area contributed by atoms with Crippen LogP contribution in [0.15, 0.2) is 61.9 Å². The van der Waals surface area contributed by atoms with Gasteiger partial charge >= 0.3 is 5.97 Å². The van der Waals surface area contributed by atoms with Gasteiger partial charge in [0.05, 0.1) is 31.5 Å². The molecule has 0 unspecified atom stereocenters. The van der Waals surface area contributed by atoms with Crippen molar-refractivity contribution in [2.75, 3.05) is 0 Å². The summed E-state index contributed by atoms with van der Waals surface area (Å²) in [6.45, 7) is 5.28. The lowest BCUT2D eigenvalue weighted by atomic mass is 9.96. The zero-order chi connectivity index (χ0) is 24.7. The van der Waals surface area contributed by atoms with Gasteiger partial charge in [-0.15, -0.1) is 0 Å². The van der Waals surface area contributed by atoms with E-state index >= 15 is 0 Å². The maximum absolute atomic E-state index is 13.6. The Bertz CT molecular complexity index is 1510. The number of fused-ring (bicyclic) bond motifs is 1. The highest BCUT2D eigenvalue weighted by Gasteiger charge is 2.33. The fourth-order valence-corrected chi connectivity index (χ4v) is 6.37. The minimum atomic E-state index is -0.724. The van der Waals surface area contributed by atoms with Crippen LogP contribution < -0.4 is 14.9 Å². The number of thiazole rings is 1. The smallest absolute Gasteiger partial charge is 0.338 e. The van der Waals surface area contributed by atoms with Gasteiger partial charge in [0.15, 0.2) is 4.80 Å². The van der Waals surface area contributed by atoms with Crippen LogP contribution in [0.5, 0.6) is 5.75 Å². The topological polar surface area (TPSA) is 80.9 Å². The van der Waals surface area contributed by atoms with Gasteiger partial charge < -0.3 is 9.84 Å². The number of hydrogen-bond acceptors (Lipinski definition) is 6. The average molecular weight is 674 g/mol. The third-order valence-electron chi connectivity index (χ3n) is 5.11. The Morgan fingerprint density at radius 2 is 2.00 bits per heavy atom.